The molecule has 2 heterocycles. The molecule has 1 aromatic heterocycles. The van der Waals surface area contributed by atoms with Gasteiger partial charge in [-0.2, -0.15) is 0 Å². The number of nitrogens with zero attached hydrogens (tertiary/aromatic N) is 3. The molecule has 0 saturated carbocycles. The lowest BCUT2D eigenvalue weighted by Crippen LogP contribution is -2.27. The van der Waals surface area contributed by atoms with Gasteiger partial charge in [0.25, 0.3) is 0 Å². The molecule has 1 atom stereocenters. The summed E-state index contributed by atoms with van der Waals surface area (Å²) in [6.45, 7) is 11.3. The molecule has 1 N–H and O–H groups in total. The van der Waals surface area contributed by atoms with Gasteiger partial charge in [-0.15, -0.1) is 0 Å². The van der Waals surface area contributed by atoms with Crippen LogP contribution in [0.2, 0.25) is 0 Å². The Balaban J connectivity index is 1.70. The summed E-state index contributed by atoms with van der Waals surface area (Å²) in [5, 5.41) is 3.56. The fourth-order valence-electron chi connectivity index (χ4n) is 2.71. The van der Waals surface area contributed by atoms with Crippen molar-refractivity contribution in [2.75, 3.05) is 26.2 Å². The molecule has 0 amide bonds. The number of imidazole rings is 1. The van der Waals surface area contributed by atoms with E-state index >= 15 is 0 Å². The van der Waals surface area contributed by atoms with E-state index in [0.29, 0.717) is 0 Å². The second-order valence-electron chi connectivity index (χ2n) is 5.22. The molecule has 0 radical (unpaired) electrons. The maximum absolute atomic E-state index is 4.42. The Hall–Kier alpha value is -0.870. The first-order chi connectivity index (χ1) is 8.83. The summed E-state index contributed by atoms with van der Waals surface area (Å²) in [5.74, 6) is 1.99. The lowest BCUT2D eigenvalue weighted by Gasteiger charge is -2.14. The zero-order valence-electron chi connectivity index (χ0n) is 11.7. The van der Waals surface area contributed by atoms with Gasteiger partial charge in [0, 0.05) is 25.5 Å². The quantitative estimate of drug-likeness (QED) is 0.800. The zero-order chi connectivity index (χ0) is 12.8. The van der Waals surface area contributed by atoms with Gasteiger partial charge in [-0.3, -0.25) is 0 Å². The van der Waals surface area contributed by atoms with E-state index in [4.69, 9.17) is 0 Å². The van der Waals surface area contributed by atoms with Crippen LogP contribution in [0.25, 0.3) is 0 Å². The van der Waals surface area contributed by atoms with E-state index in [1.54, 1.807) is 0 Å². The van der Waals surface area contributed by atoms with Gasteiger partial charge < -0.3 is 14.8 Å². The zero-order valence-corrected chi connectivity index (χ0v) is 11.7. The summed E-state index contributed by atoms with van der Waals surface area (Å²) in [7, 11) is 0. The van der Waals surface area contributed by atoms with Gasteiger partial charge in [0.1, 0.15) is 5.82 Å². The lowest BCUT2D eigenvalue weighted by atomic mass is 10.1. The topological polar surface area (TPSA) is 33.1 Å². The number of aromatic nitrogens is 2. The molecular weight excluding hydrogens is 224 g/mol. The van der Waals surface area contributed by atoms with Crippen LogP contribution < -0.4 is 5.32 Å². The van der Waals surface area contributed by atoms with Crippen LogP contribution in [0.4, 0.5) is 0 Å². The third kappa shape index (κ3) is 3.56. The molecule has 0 aromatic carbocycles. The molecule has 1 aromatic rings. The van der Waals surface area contributed by atoms with Crippen molar-refractivity contribution >= 4 is 0 Å². The molecule has 18 heavy (non-hydrogen) atoms. The first-order valence-electron chi connectivity index (χ1n) is 7.26. The number of hydrogen-bond donors (Lipinski definition) is 1. The first kappa shape index (κ1) is 13.6. The van der Waals surface area contributed by atoms with E-state index in [9.17, 15) is 0 Å². The molecule has 0 spiro atoms. The van der Waals surface area contributed by atoms with Crippen LogP contribution in [0.1, 0.15) is 32.5 Å². The van der Waals surface area contributed by atoms with E-state index in [-0.39, 0.29) is 0 Å². The second kappa shape index (κ2) is 6.90. The van der Waals surface area contributed by atoms with Crippen molar-refractivity contribution in [1.82, 2.24) is 19.8 Å². The van der Waals surface area contributed by atoms with Crippen molar-refractivity contribution in [1.29, 1.82) is 0 Å². The van der Waals surface area contributed by atoms with Crippen molar-refractivity contribution in [2.24, 2.45) is 5.92 Å². The molecule has 1 aliphatic heterocycles. The molecule has 4 heteroatoms. The van der Waals surface area contributed by atoms with Crippen molar-refractivity contribution in [3.63, 3.8) is 0 Å². The molecule has 2 rings (SSSR count). The highest BCUT2D eigenvalue weighted by Crippen LogP contribution is 2.14. The van der Waals surface area contributed by atoms with Gasteiger partial charge in [0.05, 0.1) is 6.54 Å². The van der Waals surface area contributed by atoms with Crippen LogP contribution in [0.15, 0.2) is 12.4 Å². The maximum Gasteiger partial charge on any atom is 0.122 e. The minimum atomic E-state index is 0.819. The summed E-state index contributed by atoms with van der Waals surface area (Å²) in [5.41, 5.74) is 0. The first-order valence-corrected chi connectivity index (χ1v) is 7.26. The normalized spacial score (nSPS) is 20.7. The summed E-state index contributed by atoms with van der Waals surface area (Å²) in [4.78, 5) is 6.95. The Labute approximate surface area is 110 Å². The average molecular weight is 250 g/mol. The molecule has 1 fully saturated rings. The summed E-state index contributed by atoms with van der Waals surface area (Å²) < 4.78 is 2.25. The highest BCUT2D eigenvalue weighted by Gasteiger charge is 2.20. The minimum absolute atomic E-state index is 0.819. The van der Waals surface area contributed by atoms with E-state index < -0.39 is 0 Å². The highest BCUT2D eigenvalue weighted by molar-refractivity contribution is 4.92. The van der Waals surface area contributed by atoms with Crippen molar-refractivity contribution in [2.45, 2.75) is 39.8 Å². The number of likely N-dealkylation sites (tertiary alicyclic amines) is 1. The van der Waals surface area contributed by atoms with Gasteiger partial charge in [-0.25, -0.2) is 4.98 Å². The maximum atomic E-state index is 4.42. The number of nitrogens with one attached hydrogen (secondary N) is 1. The van der Waals surface area contributed by atoms with E-state index in [1.165, 1.54) is 31.9 Å². The number of rotatable bonds is 7. The van der Waals surface area contributed by atoms with Crippen LogP contribution in [0, 0.1) is 5.92 Å². The second-order valence-corrected chi connectivity index (χ2v) is 5.22. The Morgan fingerprint density at radius 1 is 1.44 bits per heavy atom. The molecule has 1 saturated heterocycles. The van der Waals surface area contributed by atoms with E-state index in [1.807, 2.05) is 6.20 Å². The average Bonchev–Trinajstić information content (AvgIpc) is 3.00. The van der Waals surface area contributed by atoms with Gasteiger partial charge in [0.2, 0.25) is 0 Å². The third-order valence-corrected chi connectivity index (χ3v) is 3.80. The van der Waals surface area contributed by atoms with Crippen molar-refractivity contribution < 1.29 is 0 Å². The molecular formula is C14H26N4. The van der Waals surface area contributed by atoms with Gasteiger partial charge >= 0.3 is 0 Å². The summed E-state index contributed by atoms with van der Waals surface area (Å²) >= 11 is 0. The molecule has 0 bridgehead atoms. The monoisotopic (exact) mass is 250 g/mol. The standard InChI is InChI=1S/C14H26N4/c1-3-7-18-9-6-16-14(18)11-15-10-13-5-8-17(4-2)12-13/h6,9,13,15H,3-5,7-8,10-12H2,1-2H3. The highest BCUT2D eigenvalue weighted by atomic mass is 15.1. The van der Waals surface area contributed by atoms with Crippen molar-refractivity contribution in [3.8, 4) is 0 Å². The van der Waals surface area contributed by atoms with Gasteiger partial charge in [-0.05, 0) is 38.4 Å². The summed E-state index contributed by atoms with van der Waals surface area (Å²) in [6, 6.07) is 0. The fourth-order valence-corrected chi connectivity index (χ4v) is 2.71. The predicted molar refractivity (Wildman–Crippen MR) is 74.4 cm³/mol. The lowest BCUT2D eigenvalue weighted by molar-refractivity contribution is 0.338. The Bertz CT molecular complexity index is 347. The van der Waals surface area contributed by atoms with E-state index in [0.717, 1.165) is 32.0 Å². The van der Waals surface area contributed by atoms with Crippen LogP contribution in [0.3, 0.4) is 0 Å². The summed E-state index contributed by atoms with van der Waals surface area (Å²) in [6.07, 6.45) is 6.48. The molecule has 0 aliphatic carbocycles. The molecule has 102 valence electrons. The predicted octanol–water partition coefficient (Wildman–Crippen LogP) is 1.72. The largest absolute Gasteiger partial charge is 0.334 e. The van der Waals surface area contributed by atoms with Crippen molar-refractivity contribution in [3.05, 3.63) is 18.2 Å². The number of hydrogen-bond acceptors (Lipinski definition) is 3. The third-order valence-electron chi connectivity index (χ3n) is 3.80. The Kier molecular flexibility index (Phi) is 5.20. The SMILES string of the molecule is CCCn1ccnc1CNCC1CCN(CC)C1. The van der Waals surface area contributed by atoms with Crippen LogP contribution in [-0.2, 0) is 13.1 Å². The van der Waals surface area contributed by atoms with Crippen LogP contribution in [0.5, 0.6) is 0 Å². The Morgan fingerprint density at radius 2 is 2.33 bits per heavy atom. The fraction of sp³-hybridized carbons (Fsp3) is 0.786. The van der Waals surface area contributed by atoms with Crippen LogP contribution in [-0.4, -0.2) is 40.6 Å². The molecule has 1 aliphatic rings. The molecule has 4 nitrogen and oxygen atoms in total. The molecule has 1 unspecified atom stereocenters. The van der Waals surface area contributed by atoms with E-state index in [2.05, 4.69) is 39.8 Å². The van der Waals surface area contributed by atoms with Gasteiger partial charge in [-0.1, -0.05) is 13.8 Å². The number of aryl methyl sites for hydroxylation is 1. The Morgan fingerprint density at radius 3 is 3.06 bits per heavy atom. The smallest absolute Gasteiger partial charge is 0.122 e. The van der Waals surface area contributed by atoms with Crippen LogP contribution >= 0.6 is 0 Å². The van der Waals surface area contributed by atoms with Gasteiger partial charge in [0.15, 0.2) is 0 Å². The minimum Gasteiger partial charge on any atom is -0.334 e.